The van der Waals surface area contributed by atoms with E-state index in [4.69, 9.17) is 4.42 Å². The molecule has 9 aromatic rings. The molecule has 0 N–H and O–H groups in total. The fourth-order valence-corrected chi connectivity index (χ4v) is 12.6. The second-order valence-corrected chi connectivity index (χ2v) is 16.9. The Hall–Kier alpha value is -6.06. The summed E-state index contributed by atoms with van der Waals surface area (Å²) in [5, 5.41) is 4.81. The lowest BCUT2D eigenvalue weighted by Gasteiger charge is -2.61. The van der Waals surface area contributed by atoms with Gasteiger partial charge < -0.3 is 13.9 Å². The average molecular weight is 709 g/mol. The van der Waals surface area contributed by atoms with Crippen LogP contribution in [0.4, 0.5) is 17.1 Å². The van der Waals surface area contributed by atoms with Crippen molar-refractivity contribution in [1.82, 2.24) is 4.57 Å². The molecule has 1 spiro atoms. The Bertz CT molecular complexity index is 2990. The van der Waals surface area contributed by atoms with Crippen molar-refractivity contribution in [2.24, 2.45) is 23.7 Å². The summed E-state index contributed by atoms with van der Waals surface area (Å²) in [4.78, 5) is 2.53. The zero-order valence-corrected chi connectivity index (χ0v) is 30.7. The SMILES string of the molecule is c1ccc(-n2c3ccccc3c3cc(N(c4ccc5c(c4)oc4ccccc45)c4cccc5c4-c4ccccc4C54C5CC6CC(C5)CC4C6)ccc32)cc1. The van der Waals surface area contributed by atoms with E-state index in [-0.39, 0.29) is 5.41 Å². The lowest BCUT2D eigenvalue weighted by Crippen LogP contribution is -2.55. The summed E-state index contributed by atoms with van der Waals surface area (Å²) < 4.78 is 8.98. The quantitative estimate of drug-likeness (QED) is 0.181. The largest absolute Gasteiger partial charge is 0.456 e. The summed E-state index contributed by atoms with van der Waals surface area (Å²) >= 11 is 0. The lowest BCUT2D eigenvalue weighted by atomic mass is 9.43. The minimum atomic E-state index is 0.0940. The van der Waals surface area contributed by atoms with E-state index in [9.17, 15) is 0 Å². The maximum absolute atomic E-state index is 6.57. The van der Waals surface area contributed by atoms with E-state index in [1.165, 1.54) is 76.4 Å². The molecule has 4 fully saturated rings. The van der Waals surface area contributed by atoms with Crippen LogP contribution >= 0.6 is 0 Å². The zero-order chi connectivity index (χ0) is 35.8. The topological polar surface area (TPSA) is 21.3 Å². The van der Waals surface area contributed by atoms with Crippen molar-refractivity contribution in [3.8, 4) is 16.8 Å². The zero-order valence-electron chi connectivity index (χ0n) is 30.7. The number of hydrogen-bond acceptors (Lipinski definition) is 2. The predicted octanol–water partition coefficient (Wildman–Crippen LogP) is 13.9. The molecule has 3 nitrogen and oxygen atoms in total. The van der Waals surface area contributed by atoms with Crippen molar-refractivity contribution >= 4 is 60.8 Å². The van der Waals surface area contributed by atoms with E-state index in [2.05, 4.69) is 167 Å². The highest BCUT2D eigenvalue weighted by Gasteiger charge is 2.61. The second-order valence-electron chi connectivity index (χ2n) is 16.9. The molecule has 14 rings (SSSR count). The number of hydrogen-bond donors (Lipinski definition) is 0. The minimum Gasteiger partial charge on any atom is -0.456 e. The third kappa shape index (κ3) is 4.01. The molecule has 2 heterocycles. The molecule has 0 unspecified atom stereocenters. The van der Waals surface area contributed by atoms with Gasteiger partial charge in [0.25, 0.3) is 0 Å². The van der Waals surface area contributed by atoms with Crippen LogP contribution < -0.4 is 4.90 Å². The maximum Gasteiger partial charge on any atom is 0.137 e. The Kier molecular flexibility index (Phi) is 6.06. The van der Waals surface area contributed by atoms with Crippen molar-refractivity contribution in [2.75, 3.05) is 4.90 Å². The lowest BCUT2D eigenvalue weighted by molar-refractivity contribution is -0.0399. The van der Waals surface area contributed by atoms with E-state index >= 15 is 0 Å². The van der Waals surface area contributed by atoms with Gasteiger partial charge in [-0.3, -0.25) is 0 Å². The average Bonchev–Trinajstić information content (AvgIpc) is 3.86. The minimum absolute atomic E-state index is 0.0940. The van der Waals surface area contributed by atoms with E-state index in [1.54, 1.807) is 11.1 Å². The molecule has 0 aliphatic heterocycles. The molecule has 5 aliphatic rings. The van der Waals surface area contributed by atoms with Gasteiger partial charge in [0.15, 0.2) is 0 Å². The van der Waals surface area contributed by atoms with Gasteiger partial charge in [-0.15, -0.1) is 0 Å². The summed E-state index contributed by atoms with van der Waals surface area (Å²) in [5.41, 5.74) is 15.0. The van der Waals surface area contributed by atoms with Gasteiger partial charge >= 0.3 is 0 Å². The molecule has 0 saturated heterocycles. The molecule has 4 saturated carbocycles. The van der Waals surface area contributed by atoms with Gasteiger partial charge in [-0.25, -0.2) is 0 Å². The van der Waals surface area contributed by atoms with E-state index in [0.717, 1.165) is 45.1 Å². The highest BCUT2D eigenvalue weighted by atomic mass is 16.3. The molecule has 7 aromatic carbocycles. The standard InChI is InChI=1S/C52H40N2O/c1-2-11-36(12-3-1)54-46-18-8-5-13-39(46)43-30-37(22-24-47(43)54)53(38-21-23-41-40-14-6-9-20-49(40)55-50(41)31-38)48-19-10-17-45-51(48)42-15-4-7-16-44(42)52(45)34-26-32-25-33(28-34)29-35(52)27-32/h1-24,30-35H,25-29H2. The fraction of sp³-hybridized carbons (Fsp3) is 0.192. The number of rotatable bonds is 4. The van der Waals surface area contributed by atoms with Gasteiger partial charge in [-0.1, -0.05) is 91.0 Å². The summed E-state index contributed by atoms with van der Waals surface area (Å²) in [6.45, 7) is 0. The van der Waals surface area contributed by atoms with Crippen LogP contribution in [0.5, 0.6) is 0 Å². The molecule has 3 heteroatoms. The summed E-state index contributed by atoms with van der Waals surface area (Å²) in [7, 11) is 0. The summed E-state index contributed by atoms with van der Waals surface area (Å²) in [5.74, 6) is 3.23. The number of benzene rings is 7. The third-order valence-corrected chi connectivity index (χ3v) is 14.3. The fourth-order valence-electron chi connectivity index (χ4n) is 12.6. The molecule has 55 heavy (non-hydrogen) atoms. The number of fused-ring (bicyclic) bond motifs is 9. The predicted molar refractivity (Wildman–Crippen MR) is 226 cm³/mol. The molecule has 0 radical (unpaired) electrons. The number of nitrogens with zero attached hydrogens (tertiary/aromatic N) is 2. The number of furan rings is 1. The van der Waals surface area contributed by atoms with Crippen LogP contribution in [0.1, 0.15) is 43.2 Å². The Labute approximate surface area is 320 Å². The van der Waals surface area contributed by atoms with E-state index in [1.807, 2.05) is 0 Å². The monoisotopic (exact) mass is 708 g/mol. The first-order valence-corrected chi connectivity index (χ1v) is 20.3. The maximum atomic E-state index is 6.57. The summed E-state index contributed by atoms with van der Waals surface area (Å²) in [6, 6.07) is 58.7. The van der Waals surface area contributed by atoms with Crippen molar-refractivity contribution in [3.05, 3.63) is 169 Å². The first-order chi connectivity index (χ1) is 27.2. The van der Waals surface area contributed by atoms with Crippen LogP contribution in [-0.4, -0.2) is 4.57 Å². The smallest absolute Gasteiger partial charge is 0.137 e. The molecule has 264 valence electrons. The molecule has 5 aliphatic carbocycles. The number of para-hydroxylation sites is 3. The van der Waals surface area contributed by atoms with Crippen LogP contribution in [0, 0.1) is 23.7 Å². The van der Waals surface area contributed by atoms with Gasteiger partial charge in [0, 0.05) is 55.7 Å². The first kappa shape index (κ1) is 30.3. The normalized spacial score (nSPS) is 23.3. The highest BCUT2D eigenvalue weighted by molar-refractivity contribution is 6.11. The molecule has 4 bridgehead atoms. The van der Waals surface area contributed by atoms with Crippen molar-refractivity contribution in [2.45, 2.75) is 37.5 Å². The molecular weight excluding hydrogens is 669 g/mol. The third-order valence-electron chi connectivity index (χ3n) is 14.3. The van der Waals surface area contributed by atoms with Gasteiger partial charge in [-0.2, -0.15) is 0 Å². The van der Waals surface area contributed by atoms with E-state index in [0.29, 0.717) is 11.8 Å². The van der Waals surface area contributed by atoms with Crippen molar-refractivity contribution in [3.63, 3.8) is 0 Å². The van der Waals surface area contributed by atoms with Crippen LogP contribution in [0.3, 0.4) is 0 Å². The second kappa shape index (κ2) is 11.0. The molecule has 0 atom stereocenters. The highest BCUT2D eigenvalue weighted by Crippen LogP contribution is 2.70. The van der Waals surface area contributed by atoms with E-state index < -0.39 is 0 Å². The molecule has 0 amide bonds. The Morgan fingerprint density at radius 2 is 1.15 bits per heavy atom. The van der Waals surface area contributed by atoms with Gasteiger partial charge in [0.05, 0.1) is 16.7 Å². The van der Waals surface area contributed by atoms with Crippen LogP contribution in [-0.2, 0) is 5.41 Å². The number of aromatic nitrogens is 1. The molecule has 2 aromatic heterocycles. The van der Waals surface area contributed by atoms with Gasteiger partial charge in [0.1, 0.15) is 11.2 Å². The van der Waals surface area contributed by atoms with Crippen LogP contribution in [0.2, 0.25) is 0 Å². The number of anilines is 3. The summed E-state index contributed by atoms with van der Waals surface area (Å²) in [6.07, 6.45) is 6.96. The molecular formula is C52H40N2O. The van der Waals surface area contributed by atoms with Crippen LogP contribution in [0.15, 0.2) is 162 Å². The first-order valence-electron chi connectivity index (χ1n) is 20.3. The van der Waals surface area contributed by atoms with Crippen molar-refractivity contribution < 1.29 is 4.42 Å². The van der Waals surface area contributed by atoms with Gasteiger partial charge in [0.2, 0.25) is 0 Å². The van der Waals surface area contributed by atoms with Crippen LogP contribution in [0.25, 0.3) is 60.6 Å². The Balaban J connectivity index is 1.09. The van der Waals surface area contributed by atoms with Gasteiger partial charge in [-0.05, 0) is 133 Å². The Morgan fingerprint density at radius 3 is 2.00 bits per heavy atom. The Morgan fingerprint density at radius 1 is 0.491 bits per heavy atom. The van der Waals surface area contributed by atoms with Crippen molar-refractivity contribution in [1.29, 1.82) is 0 Å².